The second-order valence-electron chi connectivity index (χ2n) is 4.14. The van der Waals surface area contributed by atoms with Crippen LogP contribution in [0.3, 0.4) is 0 Å². The minimum Gasteiger partial charge on any atom is -0.469 e. The Morgan fingerprint density at radius 2 is 2.06 bits per heavy atom. The number of carbonyl (C=O) groups excluding carboxylic acids is 1. The molecule has 5 nitrogen and oxygen atoms in total. The zero-order valence-corrected chi connectivity index (χ0v) is 13.9. The quantitative estimate of drug-likeness (QED) is 0.225. The Bertz CT molecular complexity index is 247. The third kappa shape index (κ3) is 10.6. The van der Waals surface area contributed by atoms with Gasteiger partial charge in [-0.3, -0.25) is 9.79 Å². The molecular formula is C12H26IN3O2. The highest BCUT2D eigenvalue weighted by atomic mass is 127. The van der Waals surface area contributed by atoms with Gasteiger partial charge in [-0.15, -0.1) is 24.0 Å². The molecule has 0 radical (unpaired) electrons. The molecule has 0 spiro atoms. The molecule has 18 heavy (non-hydrogen) atoms. The van der Waals surface area contributed by atoms with Crippen LogP contribution in [0.25, 0.3) is 0 Å². The molecule has 0 rings (SSSR count). The summed E-state index contributed by atoms with van der Waals surface area (Å²) in [7, 11) is 1.37. The lowest BCUT2D eigenvalue weighted by Crippen LogP contribution is -2.33. The first-order chi connectivity index (χ1) is 8.11. The van der Waals surface area contributed by atoms with Gasteiger partial charge in [0.2, 0.25) is 0 Å². The molecule has 1 atom stereocenters. The Morgan fingerprint density at radius 3 is 2.61 bits per heavy atom. The van der Waals surface area contributed by atoms with E-state index in [1.807, 2.05) is 0 Å². The van der Waals surface area contributed by atoms with Gasteiger partial charge in [0, 0.05) is 6.54 Å². The first kappa shape index (κ1) is 19.8. The number of aliphatic imine (C=N–C) groups is 1. The van der Waals surface area contributed by atoms with E-state index in [4.69, 9.17) is 5.73 Å². The number of guanidine groups is 1. The van der Waals surface area contributed by atoms with Crippen molar-refractivity contribution in [3.8, 4) is 0 Å². The standard InChI is InChI=1S/C12H25N3O2.HI/c1-4-5-6-7-8-14-12(13)15-9-10(2)11(16)17-3;/h10H,4-9H2,1-3H3,(H3,13,14,15);1H. The molecule has 0 aromatic carbocycles. The molecule has 0 aromatic rings. The SMILES string of the molecule is CCCCCCNC(N)=NCC(C)C(=O)OC.I. The largest absolute Gasteiger partial charge is 0.469 e. The molecule has 0 aliphatic carbocycles. The number of methoxy groups -OCH3 is 1. The van der Waals surface area contributed by atoms with Gasteiger partial charge in [0.1, 0.15) is 0 Å². The lowest BCUT2D eigenvalue weighted by Gasteiger charge is -2.08. The predicted molar refractivity (Wildman–Crippen MR) is 85.2 cm³/mol. The molecule has 0 aromatic heterocycles. The van der Waals surface area contributed by atoms with Crippen LogP contribution in [0, 0.1) is 5.92 Å². The van der Waals surface area contributed by atoms with Gasteiger partial charge in [-0.1, -0.05) is 33.1 Å². The third-order valence-corrected chi connectivity index (χ3v) is 2.48. The number of nitrogens with two attached hydrogens (primary N) is 1. The topological polar surface area (TPSA) is 76.7 Å². The van der Waals surface area contributed by atoms with Crippen molar-refractivity contribution < 1.29 is 9.53 Å². The van der Waals surface area contributed by atoms with Crippen LogP contribution in [0.1, 0.15) is 39.5 Å². The molecule has 3 N–H and O–H groups in total. The number of hydrogen-bond acceptors (Lipinski definition) is 3. The summed E-state index contributed by atoms with van der Waals surface area (Å²) in [6.07, 6.45) is 4.77. The summed E-state index contributed by atoms with van der Waals surface area (Å²) in [5, 5.41) is 3.03. The number of nitrogens with one attached hydrogen (secondary N) is 1. The lowest BCUT2D eigenvalue weighted by atomic mass is 10.2. The van der Waals surface area contributed by atoms with Crippen molar-refractivity contribution >= 4 is 35.9 Å². The Labute approximate surface area is 127 Å². The molecule has 0 bridgehead atoms. The lowest BCUT2D eigenvalue weighted by molar-refractivity contribution is -0.144. The highest BCUT2D eigenvalue weighted by Crippen LogP contribution is 1.98. The van der Waals surface area contributed by atoms with Crippen molar-refractivity contribution in [2.75, 3.05) is 20.2 Å². The van der Waals surface area contributed by atoms with E-state index in [0.717, 1.165) is 13.0 Å². The van der Waals surface area contributed by atoms with E-state index in [0.29, 0.717) is 12.5 Å². The van der Waals surface area contributed by atoms with Gasteiger partial charge in [0.05, 0.1) is 19.6 Å². The summed E-state index contributed by atoms with van der Waals surface area (Å²) in [5.41, 5.74) is 5.67. The minimum atomic E-state index is -0.260. The highest BCUT2D eigenvalue weighted by Gasteiger charge is 2.11. The van der Waals surface area contributed by atoms with Gasteiger partial charge in [-0.25, -0.2) is 0 Å². The summed E-state index contributed by atoms with van der Waals surface area (Å²) < 4.78 is 4.60. The van der Waals surface area contributed by atoms with Crippen LogP contribution < -0.4 is 11.1 Å². The van der Waals surface area contributed by atoms with Crippen molar-refractivity contribution in [2.45, 2.75) is 39.5 Å². The number of ether oxygens (including phenoxy) is 1. The van der Waals surface area contributed by atoms with Gasteiger partial charge in [-0.2, -0.15) is 0 Å². The second-order valence-corrected chi connectivity index (χ2v) is 4.14. The average Bonchev–Trinajstić information content (AvgIpc) is 2.34. The minimum absolute atomic E-state index is 0. The summed E-state index contributed by atoms with van der Waals surface area (Å²) in [6.45, 7) is 5.14. The summed E-state index contributed by atoms with van der Waals surface area (Å²) in [5.74, 6) is -0.109. The van der Waals surface area contributed by atoms with E-state index in [9.17, 15) is 4.79 Å². The maximum atomic E-state index is 11.1. The second kappa shape index (κ2) is 12.9. The summed E-state index contributed by atoms with van der Waals surface area (Å²) >= 11 is 0. The van der Waals surface area contributed by atoms with Crippen molar-refractivity contribution in [3.63, 3.8) is 0 Å². The fourth-order valence-electron chi connectivity index (χ4n) is 1.34. The number of unbranched alkanes of at least 4 members (excludes halogenated alkanes) is 3. The average molecular weight is 371 g/mol. The molecule has 1 unspecified atom stereocenters. The fourth-order valence-corrected chi connectivity index (χ4v) is 1.34. The number of hydrogen-bond donors (Lipinski definition) is 2. The first-order valence-corrected chi connectivity index (χ1v) is 6.23. The molecule has 6 heteroatoms. The summed E-state index contributed by atoms with van der Waals surface area (Å²) in [4.78, 5) is 15.2. The van der Waals surface area contributed by atoms with Gasteiger partial charge >= 0.3 is 5.97 Å². The van der Waals surface area contributed by atoms with Gasteiger partial charge in [0.25, 0.3) is 0 Å². The molecule has 0 saturated heterocycles. The zero-order chi connectivity index (χ0) is 13.1. The van der Waals surface area contributed by atoms with Crippen molar-refractivity contribution in [2.24, 2.45) is 16.6 Å². The molecule has 0 amide bonds. The molecule has 0 aliphatic rings. The smallest absolute Gasteiger partial charge is 0.310 e. The highest BCUT2D eigenvalue weighted by molar-refractivity contribution is 14.0. The maximum absolute atomic E-state index is 11.1. The number of rotatable bonds is 8. The van der Waals surface area contributed by atoms with Crippen LogP contribution in [0.5, 0.6) is 0 Å². The first-order valence-electron chi connectivity index (χ1n) is 6.23. The third-order valence-electron chi connectivity index (χ3n) is 2.48. The van der Waals surface area contributed by atoms with Crippen LogP contribution in [0.15, 0.2) is 4.99 Å². The van der Waals surface area contributed by atoms with Gasteiger partial charge < -0.3 is 15.8 Å². The number of esters is 1. The number of nitrogens with zero attached hydrogens (tertiary/aromatic N) is 1. The van der Waals surface area contributed by atoms with Crippen molar-refractivity contribution in [1.29, 1.82) is 0 Å². The molecule has 0 heterocycles. The fraction of sp³-hybridized carbons (Fsp3) is 0.833. The number of halogens is 1. The van der Waals surface area contributed by atoms with Crippen LogP contribution in [-0.4, -0.2) is 32.1 Å². The van der Waals surface area contributed by atoms with E-state index in [1.165, 1.54) is 26.4 Å². The molecular weight excluding hydrogens is 345 g/mol. The van der Waals surface area contributed by atoms with Crippen LogP contribution in [-0.2, 0) is 9.53 Å². The van der Waals surface area contributed by atoms with Gasteiger partial charge in [0.15, 0.2) is 5.96 Å². The Kier molecular flexibility index (Phi) is 14.2. The van der Waals surface area contributed by atoms with E-state index < -0.39 is 0 Å². The predicted octanol–water partition coefficient (Wildman–Crippen LogP) is 1.90. The molecule has 108 valence electrons. The Balaban J connectivity index is 0. The van der Waals surface area contributed by atoms with Crippen molar-refractivity contribution in [1.82, 2.24) is 5.32 Å². The van der Waals surface area contributed by atoms with E-state index >= 15 is 0 Å². The molecule has 0 aliphatic heterocycles. The number of carbonyl (C=O) groups is 1. The van der Waals surface area contributed by atoms with Crippen LogP contribution >= 0.6 is 24.0 Å². The monoisotopic (exact) mass is 371 g/mol. The normalized spacial score (nSPS) is 12.5. The van der Waals surface area contributed by atoms with Gasteiger partial charge in [-0.05, 0) is 6.42 Å². The van der Waals surface area contributed by atoms with E-state index in [-0.39, 0.29) is 35.9 Å². The Morgan fingerprint density at radius 1 is 1.39 bits per heavy atom. The zero-order valence-electron chi connectivity index (χ0n) is 11.6. The van der Waals surface area contributed by atoms with Crippen LogP contribution in [0.4, 0.5) is 0 Å². The Hall–Kier alpha value is -0.530. The maximum Gasteiger partial charge on any atom is 0.310 e. The van der Waals surface area contributed by atoms with Crippen molar-refractivity contribution in [3.05, 3.63) is 0 Å². The molecule has 0 saturated carbocycles. The van der Waals surface area contributed by atoms with Crippen LogP contribution in [0.2, 0.25) is 0 Å². The van der Waals surface area contributed by atoms with E-state index in [2.05, 4.69) is 22.0 Å². The molecule has 0 fully saturated rings. The summed E-state index contributed by atoms with van der Waals surface area (Å²) in [6, 6.07) is 0. The van der Waals surface area contributed by atoms with E-state index in [1.54, 1.807) is 6.92 Å².